The van der Waals surface area contributed by atoms with Crippen molar-refractivity contribution in [2.45, 2.75) is 213 Å². The molecule has 62 heavy (non-hydrogen) atoms. The highest BCUT2D eigenvalue weighted by Crippen LogP contribution is 2.12. The van der Waals surface area contributed by atoms with E-state index in [1.807, 2.05) is 60.8 Å². The van der Waals surface area contributed by atoms with Crippen LogP contribution in [0.1, 0.15) is 207 Å². The van der Waals surface area contributed by atoms with Crippen molar-refractivity contribution in [3.8, 4) is 0 Å². The van der Waals surface area contributed by atoms with Crippen LogP contribution >= 0.6 is 0 Å². The Balaban J connectivity index is 4.54. The molecule has 0 radical (unpaired) electrons. The van der Waals surface area contributed by atoms with Crippen LogP contribution in [0.4, 0.5) is 0 Å². The molecule has 0 aromatic heterocycles. The van der Waals surface area contributed by atoms with Gasteiger partial charge in [0.05, 0.1) is 0 Å². The van der Waals surface area contributed by atoms with Crippen LogP contribution in [0.3, 0.4) is 0 Å². The summed E-state index contributed by atoms with van der Waals surface area (Å²) in [5, 5.41) is 0. The standard InChI is InChI=1S/C56H90O6/c1-4-7-10-13-16-19-22-24-26-28-30-31-34-37-40-43-46-49-55(58)61-52-53(51-60-54(57)48-45-42-39-36-33-21-18-15-12-9-6-3)62-56(59)50-47-44-41-38-35-32-29-27-25-23-20-17-14-11-8-5-2/h7,10,13,15-16,18-19,22,24,26-32,34-35,53H,4-6,8-9,11-12,14,17,20-21,23,25,33,36-52H2,1-3H3/b10-7-,16-13-,18-15-,22-19-,26-24-,29-27-,30-28+,34-31-,35-32-. The van der Waals surface area contributed by atoms with Crippen LogP contribution in [0.2, 0.25) is 0 Å². The maximum Gasteiger partial charge on any atom is 0.306 e. The Labute approximate surface area is 380 Å². The fraction of sp³-hybridized carbons (Fsp3) is 0.625. The topological polar surface area (TPSA) is 78.9 Å². The van der Waals surface area contributed by atoms with E-state index in [1.54, 1.807) is 0 Å². The lowest BCUT2D eigenvalue weighted by molar-refractivity contribution is -0.167. The van der Waals surface area contributed by atoms with Gasteiger partial charge in [0, 0.05) is 19.3 Å². The van der Waals surface area contributed by atoms with E-state index in [0.717, 1.165) is 96.3 Å². The molecule has 350 valence electrons. The number of ether oxygens (including phenoxy) is 3. The summed E-state index contributed by atoms with van der Waals surface area (Å²) < 4.78 is 16.7. The number of rotatable bonds is 43. The average molecular weight is 859 g/mol. The third-order valence-corrected chi connectivity index (χ3v) is 10.2. The molecule has 0 bridgehead atoms. The van der Waals surface area contributed by atoms with Crippen molar-refractivity contribution < 1.29 is 28.6 Å². The van der Waals surface area contributed by atoms with Crippen LogP contribution in [0.15, 0.2) is 109 Å². The monoisotopic (exact) mass is 859 g/mol. The van der Waals surface area contributed by atoms with Crippen LogP contribution in [0.25, 0.3) is 0 Å². The molecule has 0 amide bonds. The summed E-state index contributed by atoms with van der Waals surface area (Å²) in [6.07, 6.45) is 66.4. The van der Waals surface area contributed by atoms with Crippen molar-refractivity contribution in [3.63, 3.8) is 0 Å². The largest absolute Gasteiger partial charge is 0.462 e. The zero-order valence-electron chi connectivity index (χ0n) is 39.8. The van der Waals surface area contributed by atoms with E-state index in [0.29, 0.717) is 12.8 Å². The van der Waals surface area contributed by atoms with Gasteiger partial charge in [-0.2, -0.15) is 0 Å². The van der Waals surface area contributed by atoms with Gasteiger partial charge in [-0.3, -0.25) is 14.4 Å². The molecule has 0 aromatic carbocycles. The van der Waals surface area contributed by atoms with Gasteiger partial charge < -0.3 is 14.2 Å². The van der Waals surface area contributed by atoms with Crippen molar-refractivity contribution >= 4 is 17.9 Å². The maximum atomic E-state index is 12.8. The lowest BCUT2D eigenvalue weighted by Gasteiger charge is -2.18. The number of hydrogen-bond acceptors (Lipinski definition) is 6. The van der Waals surface area contributed by atoms with Gasteiger partial charge in [-0.15, -0.1) is 0 Å². The van der Waals surface area contributed by atoms with Gasteiger partial charge in [-0.05, 0) is 83.5 Å². The summed E-state index contributed by atoms with van der Waals surface area (Å²) >= 11 is 0. The Hall–Kier alpha value is -3.93. The predicted octanol–water partition coefficient (Wildman–Crippen LogP) is 16.4. The minimum atomic E-state index is -0.814. The molecule has 0 saturated carbocycles. The summed E-state index contributed by atoms with van der Waals surface area (Å²) in [5.41, 5.74) is 0. The van der Waals surface area contributed by atoms with E-state index < -0.39 is 6.10 Å². The fourth-order valence-corrected chi connectivity index (χ4v) is 6.38. The van der Waals surface area contributed by atoms with Crippen molar-refractivity contribution in [1.82, 2.24) is 0 Å². The van der Waals surface area contributed by atoms with Gasteiger partial charge in [0.25, 0.3) is 0 Å². The van der Waals surface area contributed by atoms with Crippen molar-refractivity contribution in [2.24, 2.45) is 0 Å². The number of carbonyl (C=O) groups excluding carboxylic acids is 3. The number of hydrogen-bond donors (Lipinski definition) is 0. The van der Waals surface area contributed by atoms with Gasteiger partial charge >= 0.3 is 17.9 Å². The quantitative estimate of drug-likeness (QED) is 0.0200. The molecular weight excluding hydrogens is 769 g/mol. The first-order valence-corrected chi connectivity index (χ1v) is 25.0. The predicted molar refractivity (Wildman–Crippen MR) is 265 cm³/mol. The van der Waals surface area contributed by atoms with E-state index in [1.165, 1.54) is 70.6 Å². The molecule has 0 aliphatic carbocycles. The van der Waals surface area contributed by atoms with Crippen LogP contribution in [0.5, 0.6) is 0 Å². The fourth-order valence-electron chi connectivity index (χ4n) is 6.38. The average Bonchev–Trinajstić information content (AvgIpc) is 3.27. The summed E-state index contributed by atoms with van der Waals surface area (Å²) in [5.74, 6) is -0.999. The van der Waals surface area contributed by atoms with Crippen LogP contribution in [-0.4, -0.2) is 37.2 Å². The zero-order chi connectivity index (χ0) is 45.1. The van der Waals surface area contributed by atoms with Gasteiger partial charge in [-0.25, -0.2) is 0 Å². The van der Waals surface area contributed by atoms with E-state index in [9.17, 15) is 14.4 Å². The Bertz CT molecular complexity index is 1310. The van der Waals surface area contributed by atoms with Crippen molar-refractivity contribution in [1.29, 1.82) is 0 Å². The molecule has 6 nitrogen and oxygen atoms in total. The first-order chi connectivity index (χ1) is 30.5. The summed E-state index contributed by atoms with van der Waals surface area (Å²) in [7, 11) is 0. The SMILES string of the molecule is CC\C=C/C=C\C=C/C=C\C=C\C=C/CCCCCC(=O)OCC(COC(=O)CCCCCCC/C=C\CCCC)OC(=O)CCCCC/C=C\C=C/CCCCCCCCC. The third-order valence-electron chi connectivity index (χ3n) is 10.2. The molecule has 0 spiro atoms. The minimum Gasteiger partial charge on any atom is -0.462 e. The van der Waals surface area contributed by atoms with E-state index >= 15 is 0 Å². The molecule has 0 saturated heterocycles. The zero-order valence-corrected chi connectivity index (χ0v) is 39.8. The molecule has 6 heteroatoms. The van der Waals surface area contributed by atoms with E-state index in [4.69, 9.17) is 14.2 Å². The van der Waals surface area contributed by atoms with Gasteiger partial charge in [0.15, 0.2) is 6.10 Å². The first-order valence-electron chi connectivity index (χ1n) is 25.0. The number of allylic oxidation sites excluding steroid dienone is 18. The normalized spacial score (nSPS) is 13.0. The third kappa shape index (κ3) is 47.1. The van der Waals surface area contributed by atoms with Crippen molar-refractivity contribution in [2.75, 3.05) is 13.2 Å². The van der Waals surface area contributed by atoms with E-state index in [2.05, 4.69) is 69.4 Å². The van der Waals surface area contributed by atoms with Gasteiger partial charge in [0.1, 0.15) is 13.2 Å². The van der Waals surface area contributed by atoms with E-state index in [-0.39, 0.29) is 37.5 Å². The summed E-state index contributed by atoms with van der Waals surface area (Å²) in [6.45, 7) is 6.36. The minimum absolute atomic E-state index is 0.110. The highest BCUT2D eigenvalue weighted by atomic mass is 16.6. The van der Waals surface area contributed by atoms with Gasteiger partial charge in [-0.1, -0.05) is 214 Å². The molecule has 0 N–H and O–H groups in total. The molecular formula is C56H90O6. The molecule has 0 fully saturated rings. The molecule has 0 rings (SSSR count). The smallest absolute Gasteiger partial charge is 0.306 e. The number of carbonyl (C=O) groups is 3. The molecule has 1 unspecified atom stereocenters. The van der Waals surface area contributed by atoms with Crippen molar-refractivity contribution in [3.05, 3.63) is 109 Å². The van der Waals surface area contributed by atoms with Crippen LogP contribution in [-0.2, 0) is 28.6 Å². The second kappa shape index (κ2) is 49.7. The number of esters is 3. The Morgan fingerprint density at radius 2 is 0.661 bits per heavy atom. The lowest BCUT2D eigenvalue weighted by Crippen LogP contribution is -2.30. The summed E-state index contributed by atoms with van der Waals surface area (Å²) in [6, 6.07) is 0. The maximum absolute atomic E-state index is 12.8. The lowest BCUT2D eigenvalue weighted by atomic mass is 10.1. The molecule has 0 aliphatic heterocycles. The second-order valence-corrected chi connectivity index (χ2v) is 16.2. The Morgan fingerprint density at radius 3 is 1.11 bits per heavy atom. The Morgan fingerprint density at radius 1 is 0.339 bits per heavy atom. The first kappa shape index (κ1) is 58.1. The molecule has 0 heterocycles. The summed E-state index contributed by atoms with van der Waals surface area (Å²) in [4.78, 5) is 37.9. The number of unbranched alkanes of at least 4 members (excludes halogenated alkanes) is 20. The highest BCUT2D eigenvalue weighted by Gasteiger charge is 2.19. The van der Waals surface area contributed by atoms with Crippen LogP contribution in [0, 0.1) is 0 Å². The Kier molecular flexibility index (Phi) is 46.6. The molecule has 1 atom stereocenters. The molecule has 0 aliphatic rings. The highest BCUT2D eigenvalue weighted by molar-refractivity contribution is 5.71. The molecule has 0 aromatic rings. The van der Waals surface area contributed by atoms with Crippen LogP contribution < -0.4 is 0 Å². The second-order valence-electron chi connectivity index (χ2n) is 16.2. The van der Waals surface area contributed by atoms with Gasteiger partial charge in [0.2, 0.25) is 0 Å².